The van der Waals surface area contributed by atoms with Gasteiger partial charge in [-0.2, -0.15) is 0 Å². The summed E-state index contributed by atoms with van der Waals surface area (Å²) in [5.41, 5.74) is 1.19. The summed E-state index contributed by atoms with van der Waals surface area (Å²) in [7, 11) is 0. The molecular weight excluding hydrogens is 318 g/mol. The first kappa shape index (κ1) is 17.8. The molecule has 0 aromatic heterocycles. The van der Waals surface area contributed by atoms with Gasteiger partial charge in [0, 0.05) is 29.9 Å². The second-order valence-corrected chi connectivity index (χ2v) is 7.21. The Hall–Kier alpha value is -2.04. The summed E-state index contributed by atoms with van der Waals surface area (Å²) in [6.07, 6.45) is 6.81. The van der Waals surface area contributed by atoms with E-state index in [1.807, 2.05) is 18.2 Å². The van der Waals surface area contributed by atoms with Gasteiger partial charge in [-0.05, 0) is 31.7 Å². The number of nitrogens with one attached hydrogen (secondary N) is 1. The second-order valence-electron chi connectivity index (χ2n) is 7.21. The van der Waals surface area contributed by atoms with Gasteiger partial charge in [0.05, 0.1) is 6.61 Å². The number of carbonyl (C=O) groups is 2. The summed E-state index contributed by atoms with van der Waals surface area (Å²) in [5, 5.41) is 11.7. The number of carboxylic acids is 1. The van der Waals surface area contributed by atoms with Crippen LogP contribution in [0.4, 0.5) is 0 Å². The van der Waals surface area contributed by atoms with Gasteiger partial charge in [-0.1, -0.05) is 37.5 Å². The molecule has 1 spiro atoms. The van der Waals surface area contributed by atoms with Gasteiger partial charge >= 0.3 is 5.97 Å². The number of benzene rings is 1. The molecule has 0 saturated heterocycles. The Kier molecular flexibility index (Phi) is 5.61. The first-order chi connectivity index (χ1) is 12.1. The quantitative estimate of drug-likeness (QED) is 0.674. The number of para-hydroxylation sites is 1. The van der Waals surface area contributed by atoms with E-state index in [9.17, 15) is 9.59 Å². The molecule has 0 unspecified atom stereocenters. The Labute approximate surface area is 148 Å². The molecule has 1 saturated carbocycles. The molecule has 5 nitrogen and oxygen atoms in total. The monoisotopic (exact) mass is 345 g/mol. The Morgan fingerprint density at radius 1 is 1.16 bits per heavy atom. The highest BCUT2D eigenvalue weighted by molar-refractivity contribution is 5.84. The van der Waals surface area contributed by atoms with Crippen LogP contribution in [0.3, 0.4) is 0 Å². The van der Waals surface area contributed by atoms with Gasteiger partial charge in [-0.25, -0.2) is 0 Å². The Morgan fingerprint density at radius 3 is 2.76 bits per heavy atom. The number of hydrogen-bond donors (Lipinski definition) is 2. The summed E-state index contributed by atoms with van der Waals surface area (Å²) in [5.74, 6) is 0.460. The van der Waals surface area contributed by atoms with Crippen molar-refractivity contribution in [2.75, 3.05) is 13.2 Å². The molecule has 136 valence electrons. The highest BCUT2D eigenvalue weighted by atomic mass is 16.5. The fraction of sp³-hybridized carbons (Fsp3) is 0.600. The van der Waals surface area contributed by atoms with Crippen LogP contribution in [0.25, 0.3) is 0 Å². The van der Waals surface area contributed by atoms with Crippen molar-refractivity contribution in [2.24, 2.45) is 5.92 Å². The molecule has 1 heterocycles. The lowest BCUT2D eigenvalue weighted by molar-refractivity contribution is -0.137. The average molecular weight is 345 g/mol. The molecule has 1 aliphatic carbocycles. The third kappa shape index (κ3) is 4.14. The highest BCUT2D eigenvalue weighted by Gasteiger charge is 2.60. The van der Waals surface area contributed by atoms with Gasteiger partial charge in [0.1, 0.15) is 5.75 Å². The van der Waals surface area contributed by atoms with Gasteiger partial charge in [-0.3, -0.25) is 9.59 Å². The largest absolute Gasteiger partial charge is 0.493 e. The van der Waals surface area contributed by atoms with E-state index in [-0.39, 0.29) is 23.7 Å². The molecule has 3 rings (SSSR count). The minimum atomic E-state index is -0.722. The van der Waals surface area contributed by atoms with E-state index in [2.05, 4.69) is 11.4 Å². The number of rotatable bonds is 9. The lowest BCUT2D eigenvalue weighted by Gasteiger charge is -2.26. The molecule has 1 amide bonds. The van der Waals surface area contributed by atoms with Crippen LogP contribution in [0.1, 0.15) is 56.9 Å². The fourth-order valence-corrected chi connectivity index (χ4v) is 3.97. The third-order valence-electron chi connectivity index (χ3n) is 5.49. The zero-order valence-corrected chi connectivity index (χ0v) is 14.6. The molecule has 25 heavy (non-hydrogen) atoms. The summed E-state index contributed by atoms with van der Waals surface area (Å²) in [4.78, 5) is 22.9. The zero-order chi connectivity index (χ0) is 17.7. The minimum absolute atomic E-state index is 0.00421. The molecule has 0 bridgehead atoms. The standard InChI is InChI=1S/C20H27NO4/c22-18(23)10-4-2-1-3-7-12-21-19(24)16-14-20(16)11-13-25-17-9-6-5-8-15(17)20/h5-6,8-9,16H,1-4,7,10-14H2,(H,21,24)(H,22,23)/t16-,20-/m0/s1. The topological polar surface area (TPSA) is 75.6 Å². The van der Waals surface area contributed by atoms with Crippen molar-refractivity contribution < 1.29 is 19.4 Å². The molecule has 1 aliphatic heterocycles. The normalized spacial score (nSPS) is 23.6. The van der Waals surface area contributed by atoms with Crippen LogP contribution < -0.4 is 10.1 Å². The highest BCUT2D eigenvalue weighted by Crippen LogP contribution is 2.60. The van der Waals surface area contributed by atoms with E-state index in [0.29, 0.717) is 13.2 Å². The zero-order valence-electron chi connectivity index (χ0n) is 14.6. The first-order valence-electron chi connectivity index (χ1n) is 9.35. The molecule has 2 N–H and O–H groups in total. The van der Waals surface area contributed by atoms with Gasteiger partial charge in [0.15, 0.2) is 0 Å². The maximum absolute atomic E-state index is 12.5. The lowest BCUT2D eigenvalue weighted by atomic mass is 9.87. The molecule has 5 heteroatoms. The van der Waals surface area contributed by atoms with Crippen molar-refractivity contribution >= 4 is 11.9 Å². The van der Waals surface area contributed by atoms with Crippen LogP contribution in [0.15, 0.2) is 24.3 Å². The molecule has 2 atom stereocenters. The van der Waals surface area contributed by atoms with Crippen molar-refractivity contribution in [2.45, 2.75) is 56.8 Å². The number of carboxylic acid groups (broad SMARTS) is 1. The van der Waals surface area contributed by atoms with E-state index in [1.165, 1.54) is 5.56 Å². The average Bonchev–Trinajstić information content (AvgIpc) is 3.32. The van der Waals surface area contributed by atoms with Crippen molar-refractivity contribution in [1.82, 2.24) is 5.32 Å². The number of unbranched alkanes of at least 4 members (excludes halogenated alkanes) is 4. The predicted molar refractivity (Wildman–Crippen MR) is 94.7 cm³/mol. The second kappa shape index (κ2) is 7.89. The van der Waals surface area contributed by atoms with Crippen LogP contribution in [0, 0.1) is 5.92 Å². The van der Waals surface area contributed by atoms with E-state index < -0.39 is 5.97 Å². The van der Waals surface area contributed by atoms with Crippen LogP contribution in [0.5, 0.6) is 5.75 Å². The molecule has 0 radical (unpaired) electrons. The summed E-state index contributed by atoms with van der Waals surface area (Å²) in [6.45, 7) is 1.40. The van der Waals surface area contributed by atoms with Crippen LogP contribution in [-0.2, 0) is 15.0 Å². The van der Waals surface area contributed by atoms with Gasteiger partial charge in [0.25, 0.3) is 0 Å². The van der Waals surface area contributed by atoms with Crippen LogP contribution in [-0.4, -0.2) is 30.1 Å². The Morgan fingerprint density at radius 2 is 1.92 bits per heavy atom. The maximum Gasteiger partial charge on any atom is 0.303 e. The Balaban J connectivity index is 1.36. The lowest BCUT2D eigenvalue weighted by Crippen LogP contribution is -2.31. The van der Waals surface area contributed by atoms with Crippen molar-refractivity contribution in [1.29, 1.82) is 0 Å². The Bertz CT molecular complexity index is 630. The molecule has 1 aromatic rings. The molecule has 1 aromatic carbocycles. The fourth-order valence-electron chi connectivity index (χ4n) is 3.97. The van der Waals surface area contributed by atoms with E-state index in [0.717, 1.165) is 50.7 Å². The van der Waals surface area contributed by atoms with Crippen molar-refractivity contribution in [3.63, 3.8) is 0 Å². The SMILES string of the molecule is O=C(O)CCCCCCCNC(=O)[C@@H]1C[C@]12CCOc1ccccc12. The molecular formula is C20H27NO4. The van der Waals surface area contributed by atoms with E-state index in [1.54, 1.807) is 0 Å². The van der Waals surface area contributed by atoms with Crippen molar-refractivity contribution in [3.8, 4) is 5.75 Å². The summed E-state index contributed by atoms with van der Waals surface area (Å²) in [6, 6.07) is 8.09. The van der Waals surface area contributed by atoms with E-state index in [4.69, 9.17) is 9.84 Å². The predicted octanol–water partition coefficient (Wildman–Crippen LogP) is 3.27. The van der Waals surface area contributed by atoms with Crippen molar-refractivity contribution in [3.05, 3.63) is 29.8 Å². The number of aliphatic carboxylic acids is 1. The summed E-state index contributed by atoms with van der Waals surface area (Å²) < 4.78 is 5.72. The first-order valence-corrected chi connectivity index (χ1v) is 9.35. The number of ether oxygens (including phenoxy) is 1. The third-order valence-corrected chi connectivity index (χ3v) is 5.49. The number of hydrogen-bond acceptors (Lipinski definition) is 3. The van der Waals surface area contributed by atoms with Gasteiger partial charge in [0.2, 0.25) is 5.91 Å². The minimum Gasteiger partial charge on any atom is -0.493 e. The maximum atomic E-state index is 12.5. The summed E-state index contributed by atoms with van der Waals surface area (Å²) >= 11 is 0. The van der Waals surface area contributed by atoms with Gasteiger partial charge in [-0.15, -0.1) is 0 Å². The molecule has 1 fully saturated rings. The number of fused-ring (bicyclic) bond motifs is 2. The van der Waals surface area contributed by atoms with Gasteiger partial charge < -0.3 is 15.2 Å². The van der Waals surface area contributed by atoms with Crippen LogP contribution >= 0.6 is 0 Å². The smallest absolute Gasteiger partial charge is 0.303 e. The van der Waals surface area contributed by atoms with E-state index >= 15 is 0 Å². The molecule has 2 aliphatic rings. The van der Waals surface area contributed by atoms with Crippen LogP contribution in [0.2, 0.25) is 0 Å². The number of carbonyl (C=O) groups excluding carboxylic acids is 1. The number of amides is 1.